The van der Waals surface area contributed by atoms with Crippen molar-refractivity contribution in [1.29, 1.82) is 0 Å². The molecular weight excluding hydrogens is 231 g/mol. The minimum atomic E-state index is -0.312. The molecule has 16 heavy (non-hydrogen) atoms. The van der Waals surface area contributed by atoms with Gasteiger partial charge in [-0.1, -0.05) is 0 Å². The van der Waals surface area contributed by atoms with Crippen LogP contribution in [0.5, 0.6) is 11.6 Å². The van der Waals surface area contributed by atoms with Crippen molar-refractivity contribution in [3.8, 4) is 11.6 Å². The summed E-state index contributed by atoms with van der Waals surface area (Å²) in [5.41, 5.74) is 0.626. The third kappa shape index (κ3) is 2.67. The number of hydrogen-bond donors (Lipinski definition) is 0. The van der Waals surface area contributed by atoms with Crippen molar-refractivity contribution in [3.63, 3.8) is 0 Å². The molecular formula is C11H8ClFN2O. The standard InChI is InChI=1S/C11H8ClFN2O/c12-5-9-6-14-7-11(15-9)16-10-3-1-8(13)2-4-10/h1-4,6-7H,5H2. The summed E-state index contributed by atoms with van der Waals surface area (Å²) in [6.07, 6.45) is 3.03. The molecule has 0 unspecified atom stereocenters. The van der Waals surface area contributed by atoms with Gasteiger partial charge in [-0.25, -0.2) is 9.37 Å². The number of halogens is 2. The van der Waals surface area contributed by atoms with Crippen LogP contribution in [0.4, 0.5) is 4.39 Å². The van der Waals surface area contributed by atoms with Gasteiger partial charge in [0.2, 0.25) is 5.88 Å². The van der Waals surface area contributed by atoms with E-state index in [1.807, 2.05) is 0 Å². The van der Waals surface area contributed by atoms with E-state index >= 15 is 0 Å². The quantitative estimate of drug-likeness (QED) is 0.771. The second-order valence-corrected chi connectivity index (χ2v) is 3.31. The van der Waals surface area contributed by atoms with Crippen LogP contribution in [0, 0.1) is 5.82 Å². The second-order valence-electron chi connectivity index (χ2n) is 3.04. The van der Waals surface area contributed by atoms with E-state index in [2.05, 4.69) is 9.97 Å². The van der Waals surface area contributed by atoms with Crippen LogP contribution in [-0.2, 0) is 5.88 Å². The zero-order chi connectivity index (χ0) is 11.4. The van der Waals surface area contributed by atoms with Gasteiger partial charge in [-0.2, -0.15) is 0 Å². The third-order valence-corrected chi connectivity index (χ3v) is 2.11. The molecule has 0 amide bonds. The van der Waals surface area contributed by atoms with E-state index in [1.165, 1.54) is 30.5 Å². The minimum Gasteiger partial charge on any atom is -0.437 e. The summed E-state index contributed by atoms with van der Waals surface area (Å²) >= 11 is 5.62. The monoisotopic (exact) mass is 238 g/mol. The minimum absolute atomic E-state index is 0.271. The molecule has 5 heteroatoms. The smallest absolute Gasteiger partial charge is 0.238 e. The van der Waals surface area contributed by atoms with Crippen molar-refractivity contribution in [2.75, 3.05) is 0 Å². The Hall–Kier alpha value is -1.68. The van der Waals surface area contributed by atoms with Gasteiger partial charge in [0.1, 0.15) is 11.6 Å². The van der Waals surface area contributed by atoms with E-state index in [0.717, 1.165) is 0 Å². The van der Waals surface area contributed by atoms with E-state index in [0.29, 0.717) is 17.3 Å². The molecule has 1 heterocycles. The molecule has 0 saturated carbocycles. The van der Waals surface area contributed by atoms with Crippen molar-refractivity contribution in [1.82, 2.24) is 9.97 Å². The van der Waals surface area contributed by atoms with Crippen LogP contribution in [-0.4, -0.2) is 9.97 Å². The highest BCUT2D eigenvalue weighted by Crippen LogP contribution is 2.19. The third-order valence-electron chi connectivity index (χ3n) is 1.84. The number of rotatable bonds is 3. The average molecular weight is 239 g/mol. The average Bonchev–Trinajstić information content (AvgIpc) is 2.32. The maximum Gasteiger partial charge on any atom is 0.238 e. The van der Waals surface area contributed by atoms with Gasteiger partial charge in [-0.3, -0.25) is 4.98 Å². The lowest BCUT2D eigenvalue weighted by Gasteiger charge is -2.04. The summed E-state index contributed by atoms with van der Waals surface area (Å²) in [5, 5.41) is 0. The van der Waals surface area contributed by atoms with Crippen LogP contribution in [0.1, 0.15) is 5.69 Å². The van der Waals surface area contributed by atoms with Crippen LogP contribution in [0.3, 0.4) is 0 Å². The molecule has 0 aliphatic heterocycles. The van der Waals surface area contributed by atoms with E-state index in [9.17, 15) is 4.39 Å². The number of alkyl halides is 1. The van der Waals surface area contributed by atoms with E-state index in [4.69, 9.17) is 16.3 Å². The van der Waals surface area contributed by atoms with Crippen LogP contribution in [0.2, 0.25) is 0 Å². The van der Waals surface area contributed by atoms with Crippen molar-refractivity contribution >= 4 is 11.6 Å². The van der Waals surface area contributed by atoms with Gasteiger partial charge in [0.25, 0.3) is 0 Å². The normalized spacial score (nSPS) is 10.1. The zero-order valence-corrected chi connectivity index (χ0v) is 8.99. The molecule has 0 aliphatic rings. The Morgan fingerprint density at radius 2 is 1.94 bits per heavy atom. The lowest BCUT2D eigenvalue weighted by Crippen LogP contribution is -1.93. The van der Waals surface area contributed by atoms with Crippen LogP contribution < -0.4 is 4.74 Å². The Balaban J connectivity index is 2.16. The van der Waals surface area contributed by atoms with Crippen LogP contribution in [0.15, 0.2) is 36.7 Å². The number of benzene rings is 1. The maximum absolute atomic E-state index is 12.6. The summed E-state index contributed by atoms with van der Waals surface area (Å²) in [6.45, 7) is 0. The molecule has 82 valence electrons. The van der Waals surface area contributed by atoms with E-state index in [1.54, 1.807) is 6.20 Å². The Morgan fingerprint density at radius 3 is 2.62 bits per heavy atom. The van der Waals surface area contributed by atoms with Gasteiger partial charge in [0.15, 0.2) is 0 Å². The van der Waals surface area contributed by atoms with Gasteiger partial charge < -0.3 is 4.74 Å². The lowest BCUT2D eigenvalue weighted by molar-refractivity contribution is 0.457. The largest absolute Gasteiger partial charge is 0.437 e. The van der Waals surface area contributed by atoms with Crippen molar-refractivity contribution in [2.45, 2.75) is 5.88 Å². The first kappa shape index (κ1) is 10.8. The predicted molar refractivity (Wildman–Crippen MR) is 58.1 cm³/mol. The topological polar surface area (TPSA) is 35.0 Å². The highest BCUT2D eigenvalue weighted by molar-refractivity contribution is 6.16. The molecule has 3 nitrogen and oxygen atoms in total. The first-order valence-electron chi connectivity index (χ1n) is 4.58. The Labute approximate surface area is 96.9 Å². The summed E-state index contributed by atoms with van der Waals surface area (Å²) in [6, 6.07) is 5.66. The molecule has 0 saturated heterocycles. The van der Waals surface area contributed by atoms with Crippen LogP contribution in [0.25, 0.3) is 0 Å². The van der Waals surface area contributed by atoms with Gasteiger partial charge in [-0.15, -0.1) is 11.6 Å². The molecule has 0 fully saturated rings. The number of nitrogens with zero attached hydrogens (tertiary/aromatic N) is 2. The molecule has 0 bridgehead atoms. The fourth-order valence-corrected chi connectivity index (χ4v) is 1.25. The number of aromatic nitrogens is 2. The Kier molecular flexibility index (Phi) is 3.31. The first-order valence-corrected chi connectivity index (χ1v) is 5.11. The van der Waals surface area contributed by atoms with Gasteiger partial charge in [0, 0.05) is 6.20 Å². The summed E-state index contributed by atoms with van der Waals surface area (Å²) < 4.78 is 18.0. The fraction of sp³-hybridized carbons (Fsp3) is 0.0909. The SMILES string of the molecule is Fc1ccc(Oc2cncc(CCl)n2)cc1. The lowest BCUT2D eigenvalue weighted by atomic mass is 10.3. The molecule has 0 atom stereocenters. The van der Waals surface area contributed by atoms with Gasteiger partial charge in [-0.05, 0) is 24.3 Å². The first-order chi connectivity index (χ1) is 7.78. The summed E-state index contributed by atoms with van der Waals surface area (Å²) in [5.74, 6) is 0.799. The van der Waals surface area contributed by atoms with Gasteiger partial charge in [0.05, 0.1) is 17.8 Å². The maximum atomic E-state index is 12.6. The Morgan fingerprint density at radius 1 is 1.19 bits per heavy atom. The summed E-state index contributed by atoms with van der Waals surface area (Å²) in [4.78, 5) is 8.02. The number of ether oxygens (including phenoxy) is 1. The Bertz CT molecular complexity index is 476. The molecule has 2 aromatic rings. The predicted octanol–water partition coefficient (Wildman–Crippen LogP) is 3.15. The summed E-state index contributed by atoms with van der Waals surface area (Å²) in [7, 11) is 0. The highest BCUT2D eigenvalue weighted by Gasteiger charge is 2.01. The number of hydrogen-bond acceptors (Lipinski definition) is 3. The van der Waals surface area contributed by atoms with Crippen LogP contribution >= 0.6 is 11.6 Å². The molecule has 0 aliphatic carbocycles. The van der Waals surface area contributed by atoms with Crippen molar-refractivity contribution in [3.05, 3.63) is 48.2 Å². The fourth-order valence-electron chi connectivity index (χ4n) is 1.12. The molecule has 0 N–H and O–H groups in total. The van der Waals surface area contributed by atoms with E-state index in [-0.39, 0.29) is 11.7 Å². The van der Waals surface area contributed by atoms with Gasteiger partial charge >= 0.3 is 0 Å². The molecule has 2 rings (SSSR count). The van der Waals surface area contributed by atoms with E-state index < -0.39 is 0 Å². The molecule has 1 aromatic carbocycles. The van der Waals surface area contributed by atoms with Crippen molar-refractivity contribution < 1.29 is 9.13 Å². The second kappa shape index (κ2) is 4.90. The molecule has 0 spiro atoms. The highest BCUT2D eigenvalue weighted by atomic mass is 35.5. The molecule has 1 aromatic heterocycles. The van der Waals surface area contributed by atoms with Crippen molar-refractivity contribution in [2.24, 2.45) is 0 Å². The molecule has 0 radical (unpaired) electrons. The zero-order valence-electron chi connectivity index (χ0n) is 8.23.